The first kappa shape index (κ1) is 35.5. The Kier molecular flexibility index (Phi) is 29.8. The molecular weight excluding hydrogens is 368 g/mol. The van der Waals surface area contributed by atoms with Crippen molar-refractivity contribution in [3.05, 3.63) is 66.4 Å². The molecule has 0 radical (unpaired) electrons. The summed E-state index contributed by atoms with van der Waals surface area (Å²) >= 11 is 0. The van der Waals surface area contributed by atoms with Crippen LogP contribution in [0.15, 0.2) is 61.2 Å². The first-order valence-electron chi connectivity index (χ1n) is 11.1. The summed E-state index contributed by atoms with van der Waals surface area (Å²) in [7, 11) is 0. The molecular formula is C27H52N2O. The van der Waals surface area contributed by atoms with E-state index >= 15 is 0 Å². The van der Waals surface area contributed by atoms with E-state index in [0.29, 0.717) is 5.41 Å². The number of pyridine rings is 2. The van der Waals surface area contributed by atoms with Crippen LogP contribution in [-0.4, -0.2) is 4.98 Å². The highest BCUT2D eigenvalue weighted by Crippen LogP contribution is 2.08. The highest BCUT2D eigenvalue weighted by atomic mass is 16.5. The minimum Gasteiger partial charge on any atom is -0.619 e. The zero-order chi connectivity index (χ0) is 24.6. The monoisotopic (exact) mass is 420 g/mol. The molecule has 0 fully saturated rings. The maximum atomic E-state index is 10.2. The van der Waals surface area contributed by atoms with E-state index in [1.54, 1.807) is 30.6 Å². The van der Waals surface area contributed by atoms with Crippen molar-refractivity contribution in [1.29, 1.82) is 0 Å². The molecule has 2 rings (SSSR count). The van der Waals surface area contributed by atoms with Crippen molar-refractivity contribution in [2.24, 2.45) is 23.2 Å². The summed E-state index contributed by atoms with van der Waals surface area (Å²) in [5.41, 5.74) is 0.500. The Balaban J connectivity index is -0.000000138. The van der Waals surface area contributed by atoms with Gasteiger partial charge in [-0.3, -0.25) is 4.98 Å². The zero-order valence-corrected chi connectivity index (χ0v) is 22.3. The minimum absolute atomic E-state index is 0.500. The average Bonchev–Trinajstić information content (AvgIpc) is 2.55. The lowest BCUT2D eigenvalue weighted by Gasteiger charge is -2.05. The second kappa shape index (κ2) is 25.1. The molecule has 0 saturated heterocycles. The smallest absolute Gasteiger partial charge is 0.180 e. The fourth-order valence-corrected chi connectivity index (χ4v) is 0.695. The van der Waals surface area contributed by atoms with Crippen molar-refractivity contribution < 1.29 is 4.73 Å². The molecule has 0 aliphatic rings. The Bertz CT molecular complexity index is 448. The molecule has 0 aliphatic carbocycles. The van der Waals surface area contributed by atoms with Crippen LogP contribution in [0.5, 0.6) is 0 Å². The van der Waals surface area contributed by atoms with Gasteiger partial charge in [0.2, 0.25) is 0 Å². The molecule has 0 atom stereocenters. The van der Waals surface area contributed by atoms with Gasteiger partial charge in [-0.05, 0) is 35.3 Å². The number of nitrogens with zero attached hydrogens (tertiary/aromatic N) is 2. The zero-order valence-electron chi connectivity index (χ0n) is 22.3. The predicted octanol–water partition coefficient (Wildman–Crippen LogP) is 8.44. The summed E-state index contributed by atoms with van der Waals surface area (Å²) in [5.74, 6) is 2.50. The van der Waals surface area contributed by atoms with Gasteiger partial charge in [0, 0.05) is 24.5 Å². The van der Waals surface area contributed by atoms with E-state index in [2.05, 4.69) is 95.0 Å². The van der Waals surface area contributed by atoms with Crippen molar-refractivity contribution in [1.82, 2.24) is 4.98 Å². The lowest BCUT2D eigenvalue weighted by molar-refractivity contribution is -0.605. The predicted molar refractivity (Wildman–Crippen MR) is 136 cm³/mol. The molecule has 0 unspecified atom stereocenters. The van der Waals surface area contributed by atoms with Crippen molar-refractivity contribution in [2.45, 2.75) is 90.0 Å². The third-order valence-electron chi connectivity index (χ3n) is 1.25. The molecule has 0 aromatic carbocycles. The summed E-state index contributed by atoms with van der Waals surface area (Å²) in [6.07, 6.45) is 6.39. The van der Waals surface area contributed by atoms with Crippen LogP contribution >= 0.6 is 0 Å². The van der Waals surface area contributed by atoms with E-state index < -0.39 is 0 Å². The highest BCUT2D eigenvalue weighted by Gasteiger charge is 1.95. The quantitative estimate of drug-likeness (QED) is 0.317. The Hall–Kier alpha value is -1.90. The first-order chi connectivity index (χ1) is 13.6. The number of aromatic nitrogens is 2. The van der Waals surface area contributed by atoms with E-state index in [0.717, 1.165) is 22.5 Å². The number of hydrogen-bond donors (Lipinski definition) is 0. The third-order valence-corrected chi connectivity index (χ3v) is 1.25. The summed E-state index contributed by atoms with van der Waals surface area (Å²) < 4.78 is 0.750. The van der Waals surface area contributed by atoms with Crippen LogP contribution in [0.4, 0.5) is 0 Å². The lowest BCUT2D eigenvalue weighted by atomic mass is 10.0. The van der Waals surface area contributed by atoms with Gasteiger partial charge in [-0.1, -0.05) is 102 Å². The van der Waals surface area contributed by atoms with Gasteiger partial charge in [-0.2, -0.15) is 4.73 Å². The normalized spacial score (nSPS) is 9.20. The molecule has 176 valence electrons. The molecule has 0 bridgehead atoms. The van der Waals surface area contributed by atoms with Gasteiger partial charge in [0.25, 0.3) is 0 Å². The van der Waals surface area contributed by atoms with E-state index in [-0.39, 0.29) is 0 Å². The molecule has 0 N–H and O–H groups in total. The van der Waals surface area contributed by atoms with Crippen molar-refractivity contribution >= 4 is 0 Å². The number of rotatable bonds is 0. The standard InChI is InChI=1S/C5H5NO.C5H5N.C5H12.3C4H10/c7-6-4-2-1-3-5-6;1-2-4-6-5-3-1;1-5(2,3)4;3*1-4(2)3/h1-5H;1-5H;1-4H3;3*4H,1-3H3. The molecule has 2 aromatic rings. The summed E-state index contributed by atoms with van der Waals surface area (Å²) in [6.45, 7) is 28.3. The summed E-state index contributed by atoms with van der Waals surface area (Å²) in [5, 5.41) is 10.2. The average molecular weight is 421 g/mol. The second-order valence-electron chi connectivity index (χ2n) is 10.5. The Morgan fingerprint density at radius 3 is 0.900 bits per heavy atom. The summed E-state index contributed by atoms with van der Waals surface area (Å²) in [6, 6.07) is 10.9. The van der Waals surface area contributed by atoms with Gasteiger partial charge in [0.05, 0.1) is 0 Å². The van der Waals surface area contributed by atoms with Crippen LogP contribution in [0.2, 0.25) is 0 Å². The molecule has 2 heterocycles. The van der Waals surface area contributed by atoms with Crippen molar-refractivity contribution in [3.63, 3.8) is 0 Å². The van der Waals surface area contributed by atoms with Gasteiger partial charge in [-0.15, -0.1) is 0 Å². The molecule has 2 aromatic heterocycles. The highest BCUT2D eigenvalue weighted by molar-refractivity contribution is 4.88. The largest absolute Gasteiger partial charge is 0.619 e. The molecule has 3 nitrogen and oxygen atoms in total. The van der Waals surface area contributed by atoms with Crippen LogP contribution in [0.1, 0.15) is 90.0 Å². The molecule has 30 heavy (non-hydrogen) atoms. The number of hydrogen-bond acceptors (Lipinski definition) is 2. The van der Waals surface area contributed by atoms with Crippen LogP contribution in [0.3, 0.4) is 0 Å². The fourth-order valence-electron chi connectivity index (χ4n) is 0.695. The Morgan fingerprint density at radius 2 is 0.800 bits per heavy atom. The summed E-state index contributed by atoms with van der Waals surface area (Å²) in [4.78, 5) is 3.78. The van der Waals surface area contributed by atoms with Crippen LogP contribution in [0, 0.1) is 28.4 Å². The van der Waals surface area contributed by atoms with E-state index in [1.807, 2.05) is 18.2 Å². The second-order valence-corrected chi connectivity index (χ2v) is 10.5. The van der Waals surface area contributed by atoms with Crippen LogP contribution in [-0.2, 0) is 0 Å². The topological polar surface area (TPSA) is 39.8 Å². The van der Waals surface area contributed by atoms with Crippen LogP contribution in [0.25, 0.3) is 0 Å². The third kappa shape index (κ3) is 112. The van der Waals surface area contributed by atoms with Crippen molar-refractivity contribution in [2.75, 3.05) is 0 Å². The van der Waals surface area contributed by atoms with Gasteiger partial charge in [0.1, 0.15) is 0 Å². The lowest BCUT2D eigenvalue weighted by Crippen LogP contribution is -2.22. The molecule has 0 spiro atoms. The van der Waals surface area contributed by atoms with Gasteiger partial charge in [-0.25, -0.2) is 0 Å². The Morgan fingerprint density at radius 1 is 0.567 bits per heavy atom. The van der Waals surface area contributed by atoms with Crippen molar-refractivity contribution in [3.8, 4) is 0 Å². The van der Waals surface area contributed by atoms with E-state index in [4.69, 9.17) is 0 Å². The van der Waals surface area contributed by atoms with E-state index in [9.17, 15) is 5.21 Å². The Labute approximate surface area is 189 Å². The maximum Gasteiger partial charge on any atom is 0.180 e. The van der Waals surface area contributed by atoms with Gasteiger partial charge < -0.3 is 5.21 Å². The molecule has 0 saturated carbocycles. The fraction of sp³-hybridized carbons (Fsp3) is 0.630. The first-order valence-corrected chi connectivity index (χ1v) is 11.1. The van der Waals surface area contributed by atoms with Crippen LogP contribution < -0.4 is 4.73 Å². The van der Waals surface area contributed by atoms with E-state index in [1.165, 1.54) is 12.4 Å². The van der Waals surface area contributed by atoms with Gasteiger partial charge in [0.15, 0.2) is 12.4 Å². The maximum absolute atomic E-state index is 10.2. The molecule has 0 amide bonds. The molecule has 3 heteroatoms. The van der Waals surface area contributed by atoms with Gasteiger partial charge >= 0.3 is 0 Å². The molecule has 0 aliphatic heterocycles. The minimum atomic E-state index is 0.500. The SMILES string of the molecule is CC(C)(C)C.CC(C)C.CC(C)C.CC(C)C.[O-][n+]1ccccc1.c1ccncc1.